The molecule has 143 valence electrons. The molecule has 6 rings (SSSR count). The van der Waals surface area contributed by atoms with Crippen molar-refractivity contribution in [3.05, 3.63) is 79.3 Å². The molecule has 1 unspecified atom stereocenters. The van der Waals surface area contributed by atoms with Crippen LogP contribution in [0.15, 0.2) is 73.2 Å². The fraction of sp³-hybridized carbons (Fsp3) is 0. The predicted octanol–water partition coefficient (Wildman–Crippen LogP) is -0.483. The first-order valence-electron chi connectivity index (χ1n) is 8.77. The minimum absolute atomic E-state index is 0. The van der Waals surface area contributed by atoms with Crippen LogP contribution >= 0.6 is 7.14 Å². The van der Waals surface area contributed by atoms with E-state index in [1.807, 2.05) is 18.2 Å². The molecule has 0 bridgehead atoms. The largest absolute Gasteiger partial charge is 0 e. The molecule has 1 aromatic heterocycles. The summed E-state index contributed by atoms with van der Waals surface area (Å²) in [5.41, 5.74) is 1.77. The SMILES string of the molecule is O=P12c3ccccc3[Se]c3[c-]c(-c4cnccn4)cc(c31)[Se]c1ccccc12.[Ir]. The first kappa shape index (κ1) is 19.6. The van der Waals surface area contributed by atoms with Crippen LogP contribution in [0.4, 0.5) is 0 Å². The van der Waals surface area contributed by atoms with Crippen molar-refractivity contribution in [3.63, 3.8) is 0 Å². The van der Waals surface area contributed by atoms with Crippen LogP contribution in [0.25, 0.3) is 11.3 Å². The molecule has 1 radical (unpaired) electrons. The molecule has 0 aliphatic carbocycles. The van der Waals surface area contributed by atoms with Gasteiger partial charge >= 0.3 is 176 Å². The Morgan fingerprint density at radius 3 is 2.24 bits per heavy atom. The van der Waals surface area contributed by atoms with Crippen LogP contribution < -0.4 is 33.8 Å². The van der Waals surface area contributed by atoms with Gasteiger partial charge < -0.3 is 0 Å². The monoisotopic (exact) mass is 704 g/mol. The molecule has 0 saturated heterocycles. The normalized spacial score (nSPS) is 18.1. The van der Waals surface area contributed by atoms with E-state index in [2.05, 4.69) is 52.4 Å². The third-order valence-corrected chi connectivity index (χ3v) is 14.2. The van der Waals surface area contributed by atoms with Crippen molar-refractivity contribution in [2.75, 3.05) is 0 Å². The van der Waals surface area contributed by atoms with Crippen molar-refractivity contribution >= 4 is 70.8 Å². The molecule has 0 fully saturated rings. The van der Waals surface area contributed by atoms with Gasteiger partial charge in [0.1, 0.15) is 0 Å². The summed E-state index contributed by atoms with van der Waals surface area (Å²) in [5, 5.41) is 3.09. The molecule has 7 heteroatoms. The zero-order valence-electron chi connectivity index (χ0n) is 14.8. The summed E-state index contributed by atoms with van der Waals surface area (Å²) in [4.78, 5) is 8.68. The smallest absolute Gasteiger partial charge is 0 e. The minimum Gasteiger partial charge on any atom is 0 e. The van der Waals surface area contributed by atoms with Gasteiger partial charge in [-0.15, -0.1) is 0 Å². The van der Waals surface area contributed by atoms with Gasteiger partial charge in [0, 0.05) is 20.1 Å². The van der Waals surface area contributed by atoms with E-state index in [0.29, 0.717) is 0 Å². The molecule has 1 atom stereocenters. The van der Waals surface area contributed by atoms with Crippen LogP contribution in [0.3, 0.4) is 0 Å². The molecule has 0 spiro atoms. The number of hydrogen-bond donors (Lipinski definition) is 0. The Balaban J connectivity index is 0.00000181. The fourth-order valence-electron chi connectivity index (χ4n) is 3.76. The van der Waals surface area contributed by atoms with Crippen molar-refractivity contribution in [2.24, 2.45) is 0 Å². The van der Waals surface area contributed by atoms with E-state index >= 15 is 0 Å². The molecular formula is C22H12IrN2OPSe2-. The van der Waals surface area contributed by atoms with E-state index in [4.69, 9.17) is 0 Å². The van der Waals surface area contributed by atoms with E-state index in [9.17, 15) is 4.57 Å². The molecule has 3 aromatic carbocycles. The topological polar surface area (TPSA) is 42.9 Å². The van der Waals surface area contributed by atoms with E-state index in [1.165, 1.54) is 13.4 Å². The summed E-state index contributed by atoms with van der Waals surface area (Å²) < 4.78 is 19.5. The Morgan fingerprint density at radius 2 is 1.55 bits per heavy atom. The second kappa shape index (κ2) is 7.41. The van der Waals surface area contributed by atoms with E-state index in [-0.39, 0.29) is 50.0 Å². The van der Waals surface area contributed by atoms with Crippen LogP contribution in [-0.4, -0.2) is 39.9 Å². The third kappa shape index (κ3) is 2.91. The van der Waals surface area contributed by atoms with Crippen LogP contribution in [0, 0.1) is 6.07 Å². The Morgan fingerprint density at radius 1 is 0.862 bits per heavy atom. The average molecular weight is 701 g/mol. The first-order chi connectivity index (χ1) is 13.7. The third-order valence-electron chi connectivity index (χ3n) is 4.97. The number of fused-ring (bicyclic) bond motifs is 4. The van der Waals surface area contributed by atoms with Crippen LogP contribution in [0.2, 0.25) is 0 Å². The first-order valence-corrected chi connectivity index (χ1v) is 13.9. The van der Waals surface area contributed by atoms with Crippen molar-refractivity contribution in [1.82, 2.24) is 9.97 Å². The number of benzene rings is 3. The van der Waals surface area contributed by atoms with Gasteiger partial charge in [-0.05, 0) is 0 Å². The van der Waals surface area contributed by atoms with Gasteiger partial charge in [0.05, 0.1) is 0 Å². The minimum atomic E-state index is -2.86. The van der Waals surface area contributed by atoms with Crippen LogP contribution in [-0.2, 0) is 24.7 Å². The number of rotatable bonds is 1. The Bertz CT molecular complexity index is 1240. The van der Waals surface area contributed by atoms with Gasteiger partial charge in [0.2, 0.25) is 0 Å². The molecule has 4 aromatic rings. The van der Waals surface area contributed by atoms with Crippen molar-refractivity contribution in [1.29, 1.82) is 0 Å². The molecule has 2 aliphatic rings. The summed E-state index contributed by atoms with van der Waals surface area (Å²) in [6.07, 6.45) is 5.17. The Hall–Kier alpha value is -1.34. The molecule has 3 nitrogen and oxygen atoms in total. The Labute approximate surface area is 194 Å². The molecular weight excluding hydrogens is 689 g/mol. The van der Waals surface area contributed by atoms with Gasteiger partial charge in [-0.25, -0.2) is 0 Å². The zero-order chi connectivity index (χ0) is 18.7. The van der Waals surface area contributed by atoms with E-state index in [1.54, 1.807) is 18.6 Å². The quantitative estimate of drug-likeness (QED) is 0.132. The fourth-order valence-corrected chi connectivity index (χ4v) is 15.0. The Kier molecular flexibility index (Phi) is 5.01. The van der Waals surface area contributed by atoms with Crippen molar-refractivity contribution in [3.8, 4) is 11.3 Å². The molecule has 2 aliphatic heterocycles. The van der Waals surface area contributed by atoms with Gasteiger partial charge in [0.15, 0.2) is 0 Å². The van der Waals surface area contributed by atoms with Gasteiger partial charge in [-0.3, -0.25) is 0 Å². The molecule has 3 heterocycles. The summed E-state index contributed by atoms with van der Waals surface area (Å²) in [7, 11) is -2.86. The summed E-state index contributed by atoms with van der Waals surface area (Å²) in [6.45, 7) is 0. The maximum atomic E-state index is 14.8. The molecule has 0 N–H and O–H groups in total. The van der Waals surface area contributed by atoms with Gasteiger partial charge in [-0.1, -0.05) is 0 Å². The summed E-state index contributed by atoms with van der Waals surface area (Å²) >= 11 is 0.193. The van der Waals surface area contributed by atoms with Crippen LogP contribution in [0.5, 0.6) is 0 Å². The number of nitrogens with zero attached hydrogens (tertiary/aromatic N) is 2. The average Bonchev–Trinajstić information content (AvgIpc) is 2.74. The predicted molar refractivity (Wildman–Crippen MR) is 116 cm³/mol. The maximum Gasteiger partial charge on any atom is 0 e. The molecule has 0 saturated carbocycles. The van der Waals surface area contributed by atoms with Crippen molar-refractivity contribution in [2.45, 2.75) is 0 Å². The van der Waals surface area contributed by atoms with Gasteiger partial charge in [0.25, 0.3) is 0 Å². The molecule has 0 amide bonds. The van der Waals surface area contributed by atoms with E-state index < -0.39 is 7.14 Å². The van der Waals surface area contributed by atoms with E-state index in [0.717, 1.165) is 31.6 Å². The standard InChI is InChI=1S/C22H12N2OPSe2.Ir/c25-26-16-5-1-3-7-18(16)27-20-11-14(15-13-23-9-10-24-15)12-21(22(20)26)28-19-8-4-2-6-17(19)26;/h1-11,13H;/q-1;. The molecule has 29 heavy (non-hydrogen) atoms. The van der Waals surface area contributed by atoms with Crippen molar-refractivity contribution < 1.29 is 24.7 Å². The number of hydrogen-bond acceptors (Lipinski definition) is 3. The summed E-state index contributed by atoms with van der Waals surface area (Å²) in [5.74, 6) is 0. The summed E-state index contributed by atoms with van der Waals surface area (Å²) in [6, 6.07) is 22.3. The second-order valence-electron chi connectivity index (χ2n) is 6.56. The van der Waals surface area contributed by atoms with Gasteiger partial charge in [-0.2, -0.15) is 0 Å². The maximum absolute atomic E-state index is 14.8. The zero-order valence-corrected chi connectivity index (χ0v) is 21.5. The number of aromatic nitrogens is 2. The second-order valence-corrected chi connectivity index (χ2v) is 13.7. The van der Waals surface area contributed by atoms with Crippen LogP contribution in [0.1, 0.15) is 0 Å².